The summed E-state index contributed by atoms with van der Waals surface area (Å²) in [4.78, 5) is 4.20. The number of phenolic OH excluding ortho intramolecular Hbond substituents is 1. The van der Waals surface area contributed by atoms with Gasteiger partial charge in [-0.3, -0.25) is 0 Å². The number of fused-ring (bicyclic) bond motifs is 1. The molecule has 1 heterocycles. The summed E-state index contributed by atoms with van der Waals surface area (Å²) in [7, 11) is 0. The van der Waals surface area contributed by atoms with Gasteiger partial charge in [-0.1, -0.05) is 36.4 Å². The van der Waals surface area contributed by atoms with E-state index in [0.29, 0.717) is 5.75 Å². The summed E-state index contributed by atoms with van der Waals surface area (Å²) in [5.74, 6) is 0.349. The van der Waals surface area contributed by atoms with E-state index in [4.69, 9.17) is 0 Å². The van der Waals surface area contributed by atoms with Gasteiger partial charge in [0.05, 0.1) is 10.2 Å². The second-order valence-electron chi connectivity index (χ2n) is 4.09. The molecule has 0 spiro atoms. The summed E-state index contributed by atoms with van der Waals surface area (Å²) >= 11 is 5.76. The first-order chi connectivity index (χ1) is 9.70. The van der Waals surface area contributed by atoms with Crippen molar-refractivity contribution in [3.63, 3.8) is 0 Å². The van der Waals surface area contributed by atoms with E-state index in [2.05, 4.69) is 24.2 Å². The third kappa shape index (κ3) is 3.85. The van der Waals surface area contributed by atoms with Crippen LogP contribution >= 0.6 is 24.0 Å². The van der Waals surface area contributed by atoms with E-state index in [0.717, 1.165) is 21.8 Å². The number of thiazole rings is 1. The summed E-state index contributed by atoms with van der Waals surface area (Å²) in [6, 6.07) is 15.3. The first-order valence-electron chi connectivity index (χ1n) is 6.13. The van der Waals surface area contributed by atoms with Crippen molar-refractivity contribution in [2.24, 2.45) is 0 Å². The molecule has 1 N–H and O–H groups in total. The van der Waals surface area contributed by atoms with Crippen molar-refractivity contribution in [1.29, 1.82) is 0 Å². The third-order valence-electron chi connectivity index (χ3n) is 2.64. The topological polar surface area (TPSA) is 33.1 Å². The number of rotatable bonds is 2. The highest BCUT2D eigenvalue weighted by atomic mass is 32.2. The van der Waals surface area contributed by atoms with E-state index in [9.17, 15) is 5.11 Å². The van der Waals surface area contributed by atoms with E-state index >= 15 is 0 Å². The molecule has 2 nitrogen and oxygen atoms in total. The average molecular weight is 301 g/mol. The number of aromatic nitrogens is 1. The predicted molar refractivity (Wildman–Crippen MR) is 88.9 cm³/mol. The molecule has 0 saturated carbocycles. The monoisotopic (exact) mass is 301 g/mol. The van der Waals surface area contributed by atoms with Gasteiger partial charge in [-0.2, -0.15) is 0 Å². The second-order valence-corrected chi connectivity index (χ2v) is 5.84. The molecule has 3 aromatic rings. The standard InChI is InChI=1S/C9H10O.C7H5NS2/c1-2-5-8-6-3-4-7-9(8)10;9-7-8-5-3-1-2-4-6(5)10-7/h2-4,6-7,10H,1,5H2;1-4H,(H,8,9). The zero-order valence-electron chi connectivity index (χ0n) is 10.9. The Balaban J connectivity index is 0.000000147. The van der Waals surface area contributed by atoms with E-state index < -0.39 is 0 Å². The van der Waals surface area contributed by atoms with Crippen LogP contribution in [-0.4, -0.2) is 10.1 Å². The van der Waals surface area contributed by atoms with Gasteiger partial charge in [-0.05, 0) is 30.2 Å². The highest BCUT2D eigenvalue weighted by Crippen LogP contribution is 2.23. The molecule has 0 aliphatic heterocycles. The lowest BCUT2D eigenvalue weighted by molar-refractivity contribution is 0.470. The fourth-order valence-electron chi connectivity index (χ4n) is 1.70. The normalized spacial score (nSPS) is 9.85. The van der Waals surface area contributed by atoms with Crippen LogP contribution in [-0.2, 0) is 6.42 Å². The lowest BCUT2D eigenvalue weighted by Crippen LogP contribution is -1.79. The summed E-state index contributed by atoms with van der Waals surface area (Å²) in [5, 5.41) is 9.19. The fraction of sp³-hybridized carbons (Fsp3) is 0.0625. The summed E-state index contributed by atoms with van der Waals surface area (Å²) in [5.41, 5.74) is 1.97. The average Bonchev–Trinajstić information content (AvgIpc) is 2.82. The first kappa shape index (κ1) is 14.6. The molecular formula is C16H15NOS2. The molecule has 0 amide bonds. The number of thiol groups is 1. The number of benzene rings is 2. The Hall–Kier alpha value is -1.78. The smallest absolute Gasteiger partial charge is 0.148 e. The molecule has 0 bridgehead atoms. The Kier molecular flexibility index (Phi) is 5.21. The molecule has 0 aliphatic carbocycles. The highest BCUT2D eigenvalue weighted by Gasteiger charge is 1.96. The van der Waals surface area contributed by atoms with Crippen molar-refractivity contribution in [3.05, 3.63) is 66.7 Å². The van der Waals surface area contributed by atoms with Gasteiger partial charge in [0.1, 0.15) is 10.1 Å². The molecule has 4 heteroatoms. The number of hydrogen-bond donors (Lipinski definition) is 2. The fourth-order valence-corrected chi connectivity index (χ4v) is 2.81. The van der Waals surface area contributed by atoms with Crippen LogP contribution in [0.4, 0.5) is 0 Å². The molecule has 0 unspecified atom stereocenters. The van der Waals surface area contributed by atoms with E-state index in [1.807, 2.05) is 42.5 Å². The minimum atomic E-state index is 0.349. The number of aromatic hydroxyl groups is 1. The molecule has 0 fully saturated rings. The summed E-state index contributed by atoms with van der Waals surface area (Å²) in [6.07, 6.45) is 2.50. The van der Waals surface area contributed by atoms with Gasteiger partial charge in [0.25, 0.3) is 0 Å². The number of allylic oxidation sites excluding steroid dienone is 1. The van der Waals surface area contributed by atoms with Crippen molar-refractivity contribution in [1.82, 2.24) is 4.98 Å². The van der Waals surface area contributed by atoms with Crippen LogP contribution in [0, 0.1) is 0 Å². The van der Waals surface area contributed by atoms with Crippen molar-refractivity contribution in [3.8, 4) is 5.75 Å². The minimum Gasteiger partial charge on any atom is -0.508 e. The van der Waals surface area contributed by atoms with Gasteiger partial charge in [0.15, 0.2) is 0 Å². The first-order valence-corrected chi connectivity index (χ1v) is 7.39. The molecule has 0 saturated heterocycles. The lowest BCUT2D eigenvalue weighted by atomic mass is 10.1. The summed E-state index contributed by atoms with van der Waals surface area (Å²) in [6.45, 7) is 3.59. The van der Waals surface area contributed by atoms with Crippen LogP contribution in [0.25, 0.3) is 10.2 Å². The van der Waals surface area contributed by atoms with Crippen LogP contribution in [0.2, 0.25) is 0 Å². The van der Waals surface area contributed by atoms with E-state index in [1.54, 1.807) is 23.5 Å². The van der Waals surface area contributed by atoms with Gasteiger partial charge >= 0.3 is 0 Å². The van der Waals surface area contributed by atoms with Gasteiger partial charge in [-0.15, -0.1) is 30.5 Å². The number of phenols is 1. The zero-order valence-corrected chi connectivity index (χ0v) is 12.6. The van der Waals surface area contributed by atoms with Crippen LogP contribution in [0.5, 0.6) is 5.75 Å². The molecule has 0 aliphatic rings. The van der Waals surface area contributed by atoms with Crippen molar-refractivity contribution < 1.29 is 5.11 Å². The van der Waals surface area contributed by atoms with Crippen LogP contribution < -0.4 is 0 Å². The van der Waals surface area contributed by atoms with E-state index in [-0.39, 0.29) is 0 Å². The number of nitrogens with zero attached hydrogens (tertiary/aromatic N) is 1. The number of para-hydroxylation sites is 2. The molecule has 0 radical (unpaired) electrons. The molecule has 1 aromatic heterocycles. The zero-order chi connectivity index (χ0) is 14.4. The Labute approximate surface area is 127 Å². The summed E-state index contributed by atoms with van der Waals surface area (Å²) < 4.78 is 2.04. The van der Waals surface area contributed by atoms with Gasteiger partial charge in [0.2, 0.25) is 0 Å². The van der Waals surface area contributed by atoms with Crippen LogP contribution in [0.15, 0.2) is 65.5 Å². The van der Waals surface area contributed by atoms with Crippen molar-refractivity contribution in [2.45, 2.75) is 10.8 Å². The third-order valence-corrected chi connectivity index (χ3v) is 3.85. The lowest BCUT2D eigenvalue weighted by Gasteiger charge is -1.97. The Morgan fingerprint density at radius 2 is 1.85 bits per heavy atom. The van der Waals surface area contributed by atoms with Crippen LogP contribution in [0.3, 0.4) is 0 Å². The molecule has 3 rings (SSSR count). The quantitative estimate of drug-likeness (QED) is 0.531. The predicted octanol–water partition coefficient (Wildman–Crippen LogP) is 4.71. The van der Waals surface area contributed by atoms with Gasteiger partial charge in [0, 0.05) is 0 Å². The maximum Gasteiger partial charge on any atom is 0.148 e. The Morgan fingerprint density at radius 1 is 1.15 bits per heavy atom. The highest BCUT2D eigenvalue weighted by molar-refractivity contribution is 7.82. The van der Waals surface area contributed by atoms with Gasteiger partial charge in [-0.25, -0.2) is 4.98 Å². The van der Waals surface area contributed by atoms with Crippen molar-refractivity contribution in [2.75, 3.05) is 0 Å². The maximum atomic E-state index is 9.19. The molecular weight excluding hydrogens is 286 g/mol. The molecule has 0 atom stereocenters. The molecule has 20 heavy (non-hydrogen) atoms. The molecule has 102 valence electrons. The largest absolute Gasteiger partial charge is 0.508 e. The van der Waals surface area contributed by atoms with Crippen LogP contribution in [0.1, 0.15) is 5.56 Å². The molecule has 2 aromatic carbocycles. The SMILES string of the molecule is C=CCc1ccccc1O.Sc1nc2ccccc2s1. The second kappa shape index (κ2) is 7.12. The van der Waals surface area contributed by atoms with E-state index in [1.165, 1.54) is 4.70 Å². The Bertz CT molecular complexity index is 673. The van der Waals surface area contributed by atoms with Crippen molar-refractivity contribution >= 4 is 34.2 Å². The minimum absolute atomic E-state index is 0.349. The Morgan fingerprint density at radius 3 is 2.55 bits per heavy atom. The van der Waals surface area contributed by atoms with Gasteiger partial charge < -0.3 is 5.11 Å². The maximum absolute atomic E-state index is 9.19. The number of hydrogen-bond acceptors (Lipinski definition) is 4.